The molecule has 0 aliphatic heterocycles. The Morgan fingerprint density at radius 3 is 1.21 bits per heavy atom. The highest BCUT2D eigenvalue weighted by molar-refractivity contribution is 5.81. The summed E-state index contributed by atoms with van der Waals surface area (Å²) in [6, 6.07) is -2.59. The van der Waals surface area contributed by atoms with E-state index in [1.54, 1.807) is 0 Å². The number of halogens is 17. The van der Waals surface area contributed by atoms with E-state index in [2.05, 4.69) is 10.5 Å². The minimum absolute atomic E-state index is 2.09. The van der Waals surface area contributed by atoms with Crippen molar-refractivity contribution < 1.29 is 94.1 Å². The van der Waals surface area contributed by atoms with Gasteiger partial charge >= 0.3 is 59.8 Å². The van der Waals surface area contributed by atoms with Crippen molar-refractivity contribution in [2.24, 2.45) is 5.73 Å². The molecule has 1 atom stereocenters. The third-order valence-electron chi connectivity index (χ3n) is 3.64. The lowest BCUT2D eigenvalue weighted by molar-refractivity contribution is -0.474. The molecule has 0 aromatic rings. The molecule has 22 heteroatoms. The molecule has 0 rings (SSSR count). The number of hydrogen-bond acceptors (Lipinski definition) is 4. The third-order valence-corrected chi connectivity index (χ3v) is 3.64. The average Bonchev–Trinajstić information content (AvgIpc) is 2.58. The van der Waals surface area contributed by atoms with Gasteiger partial charge in [0.1, 0.15) is 6.04 Å². The van der Waals surface area contributed by atoms with Crippen molar-refractivity contribution in [1.82, 2.24) is 0 Å². The summed E-state index contributed by atoms with van der Waals surface area (Å²) >= 11 is 0. The second-order valence-corrected chi connectivity index (χ2v) is 6.08. The number of ether oxygens (including phenoxy) is 1. The Labute approximate surface area is 173 Å². The van der Waals surface area contributed by atoms with Crippen LogP contribution in [0.25, 0.3) is 0 Å². The summed E-state index contributed by atoms with van der Waals surface area (Å²) < 4.78 is 222. The lowest BCUT2D eigenvalue weighted by Crippen LogP contribution is -2.74. The van der Waals surface area contributed by atoms with Crippen LogP contribution in [0.1, 0.15) is 6.42 Å². The first-order valence-electron chi connectivity index (χ1n) is 7.39. The monoisotopic (exact) mass is 551 g/mol. The quantitative estimate of drug-likeness (QED) is 0.313. The zero-order valence-electron chi connectivity index (χ0n) is 15.0. The number of aliphatic carboxylic acids is 1. The Hall–Kier alpha value is -2.29. The third kappa shape index (κ3) is 4.51. The van der Waals surface area contributed by atoms with Gasteiger partial charge in [-0.05, 0) is 0 Å². The largest absolute Gasteiger partial charge is 0.480 e. The first-order chi connectivity index (χ1) is 14.5. The van der Waals surface area contributed by atoms with Gasteiger partial charge in [-0.15, -0.1) is 0 Å². The minimum Gasteiger partial charge on any atom is -0.480 e. The Morgan fingerprint density at radius 1 is 0.618 bits per heavy atom. The van der Waals surface area contributed by atoms with Gasteiger partial charge in [0.15, 0.2) is 0 Å². The standard InChI is InChI=1S/C12H6F17NO4/c13-5(14,7(17,18)9(21,22)11(25,26)27)6(15,16)8(19,20)10(23,24)12(28,29)34-3(31)1-2(30)4(32)33/h2H,1,30H2,(H,32,33)/t2-/m0/s1. The number of carboxylic acids is 1. The normalized spacial score (nSPS) is 16.3. The molecular weight excluding hydrogens is 545 g/mol. The maximum absolute atomic E-state index is 13.4. The summed E-state index contributed by atoms with van der Waals surface area (Å²) in [6.45, 7) is 0. The van der Waals surface area contributed by atoms with E-state index in [0.29, 0.717) is 0 Å². The van der Waals surface area contributed by atoms with E-state index in [1.165, 1.54) is 0 Å². The number of carbonyl (C=O) groups is 2. The predicted octanol–water partition coefficient (Wildman–Crippen LogP) is 4.30. The highest BCUT2D eigenvalue weighted by atomic mass is 19.4. The summed E-state index contributed by atoms with van der Waals surface area (Å²) in [7, 11) is 0. The molecule has 0 amide bonds. The van der Waals surface area contributed by atoms with Crippen LogP contribution in [0.3, 0.4) is 0 Å². The SMILES string of the molecule is N[C@@H](CC(=O)OC(F)(F)C(F)(F)C(F)(F)C(F)(F)C(F)(F)C(F)(F)C(F)(F)C(F)(F)F)C(=O)O. The van der Waals surface area contributed by atoms with Crippen LogP contribution in [0, 0.1) is 0 Å². The molecule has 0 aliphatic carbocycles. The van der Waals surface area contributed by atoms with Crippen LogP contribution in [-0.4, -0.2) is 70.9 Å². The molecule has 0 aromatic heterocycles. The fourth-order valence-corrected chi connectivity index (χ4v) is 1.67. The van der Waals surface area contributed by atoms with Crippen molar-refractivity contribution in [2.45, 2.75) is 60.3 Å². The van der Waals surface area contributed by atoms with Crippen molar-refractivity contribution in [3.8, 4) is 0 Å². The van der Waals surface area contributed by atoms with Crippen LogP contribution in [0.15, 0.2) is 0 Å². The molecule has 0 fully saturated rings. The van der Waals surface area contributed by atoms with E-state index in [0.717, 1.165) is 0 Å². The summed E-state index contributed by atoms with van der Waals surface area (Å²) in [6.07, 6.45) is -17.4. The van der Waals surface area contributed by atoms with E-state index in [9.17, 15) is 84.2 Å². The number of nitrogens with two attached hydrogens (primary N) is 1. The van der Waals surface area contributed by atoms with Crippen molar-refractivity contribution in [3.63, 3.8) is 0 Å². The van der Waals surface area contributed by atoms with Gasteiger partial charge in [0, 0.05) is 0 Å². The molecule has 0 aliphatic rings. The van der Waals surface area contributed by atoms with Gasteiger partial charge in [-0.25, -0.2) is 0 Å². The minimum atomic E-state index is -8.82. The number of hydrogen-bond donors (Lipinski definition) is 2. The maximum atomic E-state index is 13.4. The Bertz CT molecular complexity index is 790. The van der Waals surface area contributed by atoms with E-state index in [1.807, 2.05) is 0 Å². The zero-order valence-corrected chi connectivity index (χ0v) is 15.0. The molecule has 0 aromatic carbocycles. The van der Waals surface area contributed by atoms with Crippen LogP contribution in [0.2, 0.25) is 0 Å². The van der Waals surface area contributed by atoms with E-state index >= 15 is 0 Å². The van der Waals surface area contributed by atoms with Crippen LogP contribution in [0.5, 0.6) is 0 Å². The van der Waals surface area contributed by atoms with E-state index in [-0.39, 0.29) is 0 Å². The second-order valence-electron chi connectivity index (χ2n) is 6.08. The molecule has 0 saturated carbocycles. The molecule has 0 spiro atoms. The first kappa shape index (κ1) is 31.7. The van der Waals surface area contributed by atoms with Crippen LogP contribution >= 0.6 is 0 Å². The summed E-state index contributed by atoms with van der Waals surface area (Å²) in [5.41, 5.74) is 4.53. The first-order valence-corrected chi connectivity index (χ1v) is 7.39. The van der Waals surface area contributed by atoms with Gasteiger partial charge < -0.3 is 15.6 Å². The van der Waals surface area contributed by atoms with Gasteiger partial charge in [-0.3, -0.25) is 9.59 Å². The van der Waals surface area contributed by atoms with E-state index in [4.69, 9.17) is 5.11 Å². The molecule has 5 nitrogen and oxygen atoms in total. The number of carboxylic acid groups (broad SMARTS) is 1. The highest BCUT2D eigenvalue weighted by Crippen LogP contribution is 2.64. The fraction of sp³-hybridized carbons (Fsp3) is 0.833. The van der Waals surface area contributed by atoms with Gasteiger partial charge in [-0.1, -0.05) is 0 Å². The second kappa shape index (κ2) is 8.43. The van der Waals surface area contributed by atoms with Crippen LogP contribution in [-0.2, 0) is 14.3 Å². The molecule has 0 heterocycles. The van der Waals surface area contributed by atoms with Gasteiger partial charge in [0.05, 0.1) is 6.42 Å². The van der Waals surface area contributed by atoms with Crippen LogP contribution in [0.4, 0.5) is 74.6 Å². The van der Waals surface area contributed by atoms with Gasteiger partial charge in [0.2, 0.25) is 0 Å². The predicted molar refractivity (Wildman–Crippen MR) is 67.0 cm³/mol. The van der Waals surface area contributed by atoms with Crippen molar-refractivity contribution in [3.05, 3.63) is 0 Å². The Balaban J connectivity index is 6.50. The molecule has 3 N–H and O–H groups in total. The molecule has 34 heavy (non-hydrogen) atoms. The lowest BCUT2D eigenvalue weighted by atomic mass is 9.90. The van der Waals surface area contributed by atoms with Crippen molar-refractivity contribution in [1.29, 1.82) is 0 Å². The molecule has 0 bridgehead atoms. The van der Waals surface area contributed by atoms with Gasteiger partial charge in [0.25, 0.3) is 0 Å². The number of carbonyl (C=O) groups excluding carboxylic acids is 1. The summed E-state index contributed by atoms with van der Waals surface area (Å²) in [5.74, 6) is -56.7. The zero-order chi connectivity index (χ0) is 28.1. The number of rotatable bonds is 10. The molecule has 0 saturated heterocycles. The van der Waals surface area contributed by atoms with Crippen molar-refractivity contribution >= 4 is 11.9 Å². The van der Waals surface area contributed by atoms with Crippen molar-refractivity contribution in [2.75, 3.05) is 0 Å². The molecule has 0 radical (unpaired) electrons. The Kier molecular flexibility index (Phi) is 7.86. The Morgan fingerprint density at radius 2 is 0.912 bits per heavy atom. The van der Waals surface area contributed by atoms with E-state index < -0.39 is 72.2 Å². The summed E-state index contributed by atoms with van der Waals surface area (Å²) in [4.78, 5) is 21.2. The molecule has 202 valence electrons. The van der Waals surface area contributed by atoms with Gasteiger partial charge in [-0.2, -0.15) is 74.6 Å². The average molecular weight is 551 g/mol. The fourth-order valence-electron chi connectivity index (χ4n) is 1.67. The smallest absolute Gasteiger partial charge is 0.473 e. The number of esters is 1. The lowest BCUT2D eigenvalue weighted by Gasteiger charge is -2.42. The maximum Gasteiger partial charge on any atom is 0.473 e. The summed E-state index contributed by atoms with van der Waals surface area (Å²) in [5, 5.41) is 8.23. The topological polar surface area (TPSA) is 89.6 Å². The highest BCUT2D eigenvalue weighted by Gasteiger charge is 2.95. The molecular formula is C12H6F17NO4. The van der Waals surface area contributed by atoms with Crippen LogP contribution < -0.4 is 5.73 Å². The molecule has 0 unspecified atom stereocenters. The number of alkyl halides is 17.